The van der Waals surface area contributed by atoms with Gasteiger partial charge >= 0.3 is 0 Å². The molecule has 0 aromatic heterocycles. The van der Waals surface area contributed by atoms with Gasteiger partial charge in [-0.2, -0.15) is 0 Å². The molecule has 1 unspecified atom stereocenters. The second kappa shape index (κ2) is 4.92. The third-order valence-electron chi connectivity index (χ3n) is 3.28. The number of halogens is 1. The first kappa shape index (κ1) is 10.9. The smallest absolute Gasteiger partial charge is 0.236 e. The maximum absolute atomic E-state index is 12.9. The molecular weight excluding hydrogens is 195 g/mol. The Balaban J connectivity index is 1.76. The fourth-order valence-corrected chi connectivity index (χ4v) is 2.36. The number of hydrogen-bond donors (Lipinski definition) is 0. The molecule has 1 atom stereocenters. The van der Waals surface area contributed by atoms with E-state index in [1.165, 1.54) is 6.42 Å². The summed E-state index contributed by atoms with van der Waals surface area (Å²) in [6.45, 7) is 3.39. The Bertz CT molecular complexity index is 229. The van der Waals surface area contributed by atoms with Crippen LogP contribution in [0.1, 0.15) is 25.7 Å². The van der Waals surface area contributed by atoms with Gasteiger partial charge in [-0.15, -0.1) is 0 Å². The fraction of sp³-hybridized carbons (Fsp3) is 0.909. The number of likely N-dealkylation sites (tertiary alicyclic amines) is 2. The molecule has 3 nitrogen and oxygen atoms in total. The molecule has 0 saturated carbocycles. The molecule has 4 heteroatoms. The molecule has 0 aromatic rings. The van der Waals surface area contributed by atoms with Gasteiger partial charge in [0.05, 0.1) is 6.54 Å². The van der Waals surface area contributed by atoms with E-state index in [0.29, 0.717) is 19.5 Å². The highest BCUT2D eigenvalue weighted by atomic mass is 19.1. The Labute approximate surface area is 90.2 Å². The van der Waals surface area contributed by atoms with Crippen molar-refractivity contribution in [2.24, 2.45) is 0 Å². The van der Waals surface area contributed by atoms with Gasteiger partial charge in [0.15, 0.2) is 0 Å². The minimum Gasteiger partial charge on any atom is -0.342 e. The number of amides is 1. The van der Waals surface area contributed by atoms with Crippen molar-refractivity contribution in [1.82, 2.24) is 9.80 Å². The largest absolute Gasteiger partial charge is 0.342 e. The molecule has 2 aliphatic rings. The quantitative estimate of drug-likeness (QED) is 0.686. The predicted octanol–water partition coefficient (Wildman–Crippen LogP) is 1.04. The SMILES string of the molecule is O=C(CN1CCC(F)C1)N1CCCCC1. The first-order valence-corrected chi connectivity index (χ1v) is 5.90. The molecule has 0 aliphatic carbocycles. The van der Waals surface area contributed by atoms with Crippen LogP contribution in [0.15, 0.2) is 0 Å². The Morgan fingerprint density at radius 2 is 1.93 bits per heavy atom. The van der Waals surface area contributed by atoms with E-state index in [1.807, 2.05) is 9.80 Å². The lowest BCUT2D eigenvalue weighted by Crippen LogP contribution is -2.42. The van der Waals surface area contributed by atoms with Crippen molar-refractivity contribution in [3.8, 4) is 0 Å². The van der Waals surface area contributed by atoms with Crippen molar-refractivity contribution >= 4 is 5.91 Å². The molecule has 0 N–H and O–H groups in total. The first-order valence-electron chi connectivity index (χ1n) is 5.90. The summed E-state index contributed by atoms with van der Waals surface area (Å²) < 4.78 is 12.9. The first-order chi connectivity index (χ1) is 7.25. The van der Waals surface area contributed by atoms with Gasteiger partial charge in [0.2, 0.25) is 5.91 Å². The van der Waals surface area contributed by atoms with E-state index in [1.54, 1.807) is 0 Å². The highest BCUT2D eigenvalue weighted by Crippen LogP contribution is 2.13. The van der Waals surface area contributed by atoms with Crippen LogP contribution in [0.25, 0.3) is 0 Å². The van der Waals surface area contributed by atoms with E-state index in [0.717, 1.165) is 32.5 Å². The van der Waals surface area contributed by atoms with Crippen LogP contribution in [0.4, 0.5) is 4.39 Å². The van der Waals surface area contributed by atoms with Crippen LogP contribution in [0.2, 0.25) is 0 Å². The molecule has 2 saturated heterocycles. The number of nitrogens with zero attached hydrogens (tertiary/aromatic N) is 2. The van der Waals surface area contributed by atoms with Crippen LogP contribution in [-0.2, 0) is 4.79 Å². The van der Waals surface area contributed by atoms with Gasteiger partial charge in [-0.1, -0.05) is 0 Å². The summed E-state index contributed by atoms with van der Waals surface area (Å²) in [6, 6.07) is 0. The standard InChI is InChI=1S/C11H19FN2O/c12-10-4-7-13(8-10)9-11(15)14-5-2-1-3-6-14/h10H,1-9H2. The van der Waals surface area contributed by atoms with Crippen molar-refractivity contribution in [3.63, 3.8) is 0 Å². The zero-order valence-electron chi connectivity index (χ0n) is 9.12. The van der Waals surface area contributed by atoms with Crippen molar-refractivity contribution in [3.05, 3.63) is 0 Å². The topological polar surface area (TPSA) is 23.6 Å². The Morgan fingerprint density at radius 3 is 2.53 bits per heavy atom. The maximum atomic E-state index is 12.9. The molecule has 2 aliphatic heterocycles. The summed E-state index contributed by atoms with van der Waals surface area (Å²) in [4.78, 5) is 15.7. The second-order valence-corrected chi connectivity index (χ2v) is 4.56. The lowest BCUT2D eigenvalue weighted by Gasteiger charge is -2.28. The highest BCUT2D eigenvalue weighted by Gasteiger charge is 2.25. The third-order valence-corrected chi connectivity index (χ3v) is 3.28. The number of carbonyl (C=O) groups is 1. The Kier molecular flexibility index (Phi) is 3.57. The number of rotatable bonds is 2. The van der Waals surface area contributed by atoms with Crippen LogP contribution in [-0.4, -0.2) is 54.6 Å². The van der Waals surface area contributed by atoms with E-state index in [2.05, 4.69) is 0 Å². The van der Waals surface area contributed by atoms with E-state index >= 15 is 0 Å². The van der Waals surface area contributed by atoms with Crippen LogP contribution in [0.5, 0.6) is 0 Å². The zero-order chi connectivity index (χ0) is 10.7. The molecule has 1 amide bonds. The van der Waals surface area contributed by atoms with Crippen molar-refractivity contribution in [1.29, 1.82) is 0 Å². The van der Waals surface area contributed by atoms with Gasteiger partial charge in [-0.05, 0) is 25.7 Å². The number of piperidine rings is 1. The average molecular weight is 214 g/mol. The molecule has 0 aromatic carbocycles. The molecule has 86 valence electrons. The molecule has 2 heterocycles. The summed E-state index contributed by atoms with van der Waals surface area (Å²) in [6.07, 6.45) is 3.35. The lowest BCUT2D eigenvalue weighted by molar-refractivity contribution is -0.133. The third kappa shape index (κ3) is 2.91. The Morgan fingerprint density at radius 1 is 1.20 bits per heavy atom. The number of alkyl halides is 1. The highest BCUT2D eigenvalue weighted by molar-refractivity contribution is 5.78. The summed E-state index contributed by atoms with van der Waals surface area (Å²) in [5.41, 5.74) is 0. The fourth-order valence-electron chi connectivity index (χ4n) is 2.36. The summed E-state index contributed by atoms with van der Waals surface area (Å²) >= 11 is 0. The van der Waals surface area contributed by atoms with Gasteiger partial charge in [0, 0.05) is 26.2 Å². The second-order valence-electron chi connectivity index (χ2n) is 4.56. The van der Waals surface area contributed by atoms with E-state index in [9.17, 15) is 9.18 Å². The van der Waals surface area contributed by atoms with E-state index < -0.39 is 6.17 Å². The lowest BCUT2D eigenvalue weighted by atomic mass is 10.1. The predicted molar refractivity (Wildman–Crippen MR) is 56.4 cm³/mol. The maximum Gasteiger partial charge on any atom is 0.236 e. The van der Waals surface area contributed by atoms with Crippen LogP contribution in [0, 0.1) is 0 Å². The van der Waals surface area contributed by atoms with Crippen LogP contribution >= 0.6 is 0 Å². The molecule has 15 heavy (non-hydrogen) atoms. The molecule has 2 fully saturated rings. The summed E-state index contributed by atoms with van der Waals surface area (Å²) in [5, 5.41) is 0. The summed E-state index contributed by atoms with van der Waals surface area (Å²) in [7, 11) is 0. The molecule has 0 radical (unpaired) electrons. The number of hydrogen-bond acceptors (Lipinski definition) is 2. The van der Waals surface area contributed by atoms with E-state index in [4.69, 9.17) is 0 Å². The monoisotopic (exact) mass is 214 g/mol. The van der Waals surface area contributed by atoms with Crippen LogP contribution < -0.4 is 0 Å². The number of carbonyl (C=O) groups excluding carboxylic acids is 1. The van der Waals surface area contributed by atoms with Gasteiger partial charge in [-0.25, -0.2) is 4.39 Å². The Hall–Kier alpha value is -0.640. The molecule has 2 rings (SSSR count). The van der Waals surface area contributed by atoms with Gasteiger partial charge < -0.3 is 4.90 Å². The van der Waals surface area contributed by atoms with Crippen LogP contribution in [0.3, 0.4) is 0 Å². The van der Waals surface area contributed by atoms with Crippen molar-refractivity contribution < 1.29 is 9.18 Å². The average Bonchev–Trinajstić information content (AvgIpc) is 2.65. The molecule has 0 bridgehead atoms. The molecular formula is C11H19FN2O. The normalized spacial score (nSPS) is 28.3. The van der Waals surface area contributed by atoms with E-state index in [-0.39, 0.29) is 5.91 Å². The van der Waals surface area contributed by atoms with Gasteiger partial charge in [0.1, 0.15) is 6.17 Å². The van der Waals surface area contributed by atoms with Gasteiger partial charge in [-0.3, -0.25) is 9.69 Å². The molecule has 0 spiro atoms. The summed E-state index contributed by atoms with van der Waals surface area (Å²) in [5.74, 6) is 0.184. The minimum atomic E-state index is -0.723. The minimum absolute atomic E-state index is 0.184. The zero-order valence-corrected chi connectivity index (χ0v) is 9.12. The van der Waals surface area contributed by atoms with Crippen molar-refractivity contribution in [2.45, 2.75) is 31.9 Å². The van der Waals surface area contributed by atoms with Gasteiger partial charge in [0.25, 0.3) is 0 Å². The van der Waals surface area contributed by atoms with Crippen molar-refractivity contribution in [2.75, 3.05) is 32.7 Å².